The van der Waals surface area contributed by atoms with Crippen molar-refractivity contribution in [2.45, 2.75) is 26.4 Å². The second kappa shape index (κ2) is 5.60. The van der Waals surface area contributed by atoms with Gasteiger partial charge in [0.2, 0.25) is 0 Å². The Labute approximate surface area is 112 Å². The van der Waals surface area contributed by atoms with E-state index in [1.165, 1.54) is 0 Å². The topological polar surface area (TPSA) is 77.9 Å². The quantitative estimate of drug-likeness (QED) is 0.847. The number of aryl methyl sites for hydroxylation is 2. The molecule has 0 bridgehead atoms. The van der Waals surface area contributed by atoms with E-state index in [0.29, 0.717) is 17.9 Å². The van der Waals surface area contributed by atoms with E-state index in [-0.39, 0.29) is 5.91 Å². The van der Waals surface area contributed by atoms with Gasteiger partial charge in [-0.25, -0.2) is 0 Å². The van der Waals surface area contributed by atoms with E-state index in [2.05, 4.69) is 17.3 Å². The molecular weight excluding hydrogens is 242 g/mol. The van der Waals surface area contributed by atoms with Gasteiger partial charge in [-0.1, -0.05) is 6.92 Å². The molecule has 2 aromatic rings. The smallest absolute Gasteiger partial charge is 0.268 e. The maximum Gasteiger partial charge on any atom is 0.268 e. The molecule has 0 unspecified atom stereocenters. The number of nitrogens with two attached hydrogens (primary N) is 1. The Morgan fingerprint density at radius 3 is 2.95 bits per heavy atom. The van der Waals surface area contributed by atoms with Gasteiger partial charge in [0, 0.05) is 26.0 Å². The van der Waals surface area contributed by atoms with Gasteiger partial charge in [0.05, 0.1) is 17.9 Å². The van der Waals surface area contributed by atoms with Crippen molar-refractivity contribution in [2.75, 3.05) is 5.73 Å². The molecule has 2 aromatic heterocycles. The molecule has 2 rings (SSSR count). The van der Waals surface area contributed by atoms with Crippen LogP contribution in [0.15, 0.2) is 24.5 Å². The van der Waals surface area contributed by atoms with E-state index in [1.807, 2.05) is 23.9 Å². The van der Waals surface area contributed by atoms with Crippen LogP contribution in [0.1, 0.15) is 29.5 Å². The van der Waals surface area contributed by atoms with Gasteiger partial charge in [0.25, 0.3) is 5.91 Å². The normalized spacial score (nSPS) is 10.6. The highest BCUT2D eigenvalue weighted by Crippen LogP contribution is 2.11. The van der Waals surface area contributed by atoms with Crippen molar-refractivity contribution in [3.05, 3.63) is 35.9 Å². The molecule has 0 spiro atoms. The number of amides is 1. The van der Waals surface area contributed by atoms with Gasteiger partial charge in [0.15, 0.2) is 0 Å². The summed E-state index contributed by atoms with van der Waals surface area (Å²) in [6.45, 7) is 3.26. The zero-order chi connectivity index (χ0) is 13.8. The summed E-state index contributed by atoms with van der Waals surface area (Å²) < 4.78 is 3.59. The van der Waals surface area contributed by atoms with Crippen LogP contribution in [0.2, 0.25) is 0 Å². The first kappa shape index (κ1) is 13.2. The number of carbonyl (C=O) groups is 1. The van der Waals surface area contributed by atoms with Crippen LogP contribution in [0.5, 0.6) is 0 Å². The maximum atomic E-state index is 12.1. The van der Waals surface area contributed by atoms with Gasteiger partial charge in [-0.15, -0.1) is 0 Å². The summed E-state index contributed by atoms with van der Waals surface area (Å²) in [6.07, 6.45) is 4.59. The van der Waals surface area contributed by atoms with Crippen molar-refractivity contribution in [2.24, 2.45) is 7.05 Å². The molecule has 1 amide bonds. The highest BCUT2D eigenvalue weighted by Gasteiger charge is 2.12. The fourth-order valence-corrected chi connectivity index (χ4v) is 1.97. The first-order valence-corrected chi connectivity index (χ1v) is 6.32. The number of aromatic nitrogens is 3. The molecule has 6 heteroatoms. The first-order valence-electron chi connectivity index (χ1n) is 6.32. The molecule has 0 aliphatic carbocycles. The third kappa shape index (κ3) is 3.15. The van der Waals surface area contributed by atoms with Crippen LogP contribution < -0.4 is 11.1 Å². The number of hydrogen-bond acceptors (Lipinski definition) is 3. The predicted molar refractivity (Wildman–Crippen MR) is 73.5 cm³/mol. The third-order valence-corrected chi connectivity index (χ3v) is 2.81. The lowest BCUT2D eigenvalue weighted by atomic mass is 10.3. The number of nitrogens with zero attached hydrogens (tertiary/aromatic N) is 3. The average molecular weight is 261 g/mol. The molecular formula is C13H19N5O. The lowest BCUT2D eigenvalue weighted by Gasteiger charge is -2.07. The molecule has 102 valence electrons. The fraction of sp³-hybridized carbons (Fsp3) is 0.385. The fourth-order valence-electron chi connectivity index (χ4n) is 1.97. The van der Waals surface area contributed by atoms with Gasteiger partial charge in [0.1, 0.15) is 5.69 Å². The van der Waals surface area contributed by atoms with E-state index >= 15 is 0 Å². The van der Waals surface area contributed by atoms with Crippen LogP contribution in [0.25, 0.3) is 0 Å². The number of rotatable bonds is 5. The van der Waals surface area contributed by atoms with Crippen LogP contribution in [0.4, 0.5) is 5.69 Å². The van der Waals surface area contributed by atoms with Crippen LogP contribution in [-0.4, -0.2) is 20.3 Å². The molecule has 2 heterocycles. The Morgan fingerprint density at radius 1 is 1.53 bits per heavy atom. The predicted octanol–water partition coefficient (Wildman–Crippen LogP) is 1.14. The summed E-state index contributed by atoms with van der Waals surface area (Å²) >= 11 is 0. The molecule has 0 fully saturated rings. The Morgan fingerprint density at radius 2 is 2.32 bits per heavy atom. The number of carbonyl (C=O) groups excluding carboxylic acids is 1. The van der Waals surface area contributed by atoms with E-state index < -0.39 is 0 Å². The Balaban J connectivity index is 2.03. The molecule has 0 aliphatic heterocycles. The minimum absolute atomic E-state index is 0.129. The highest BCUT2D eigenvalue weighted by atomic mass is 16.1. The van der Waals surface area contributed by atoms with Crippen molar-refractivity contribution in [3.63, 3.8) is 0 Å². The van der Waals surface area contributed by atoms with Crippen molar-refractivity contribution < 1.29 is 4.79 Å². The van der Waals surface area contributed by atoms with Crippen LogP contribution >= 0.6 is 0 Å². The Hall–Kier alpha value is -2.24. The SMILES string of the molecule is CCCn1cc(N)cc1C(=O)NCc1ccn(C)n1. The average Bonchev–Trinajstić information content (AvgIpc) is 2.93. The van der Waals surface area contributed by atoms with Crippen molar-refractivity contribution in [3.8, 4) is 0 Å². The van der Waals surface area contributed by atoms with Crippen molar-refractivity contribution >= 4 is 11.6 Å². The molecule has 19 heavy (non-hydrogen) atoms. The van der Waals surface area contributed by atoms with Gasteiger partial charge in [-0.05, 0) is 18.6 Å². The summed E-state index contributed by atoms with van der Waals surface area (Å²) in [5.74, 6) is -0.129. The Bertz CT molecular complexity index is 569. The second-order valence-corrected chi connectivity index (χ2v) is 4.52. The summed E-state index contributed by atoms with van der Waals surface area (Å²) in [4.78, 5) is 12.1. The molecule has 0 atom stereocenters. The number of hydrogen-bond donors (Lipinski definition) is 2. The lowest BCUT2D eigenvalue weighted by Crippen LogP contribution is -2.25. The minimum Gasteiger partial charge on any atom is -0.397 e. The van der Waals surface area contributed by atoms with E-state index in [4.69, 9.17) is 5.73 Å². The zero-order valence-electron chi connectivity index (χ0n) is 11.3. The molecule has 3 N–H and O–H groups in total. The van der Waals surface area contributed by atoms with Crippen LogP contribution in [-0.2, 0) is 20.1 Å². The summed E-state index contributed by atoms with van der Waals surface area (Å²) in [6, 6.07) is 3.57. The monoisotopic (exact) mass is 261 g/mol. The van der Waals surface area contributed by atoms with Crippen molar-refractivity contribution in [1.82, 2.24) is 19.7 Å². The Kier molecular flexibility index (Phi) is 3.89. The number of anilines is 1. The summed E-state index contributed by atoms with van der Waals surface area (Å²) in [5.41, 5.74) is 7.77. The second-order valence-electron chi connectivity index (χ2n) is 4.52. The van der Waals surface area contributed by atoms with E-state index in [0.717, 1.165) is 18.7 Å². The van der Waals surface area contributed by atoms with Crippen LogP contribution in [0.3, 0.4) is 0 Å². The minimum atomic E-state index is -0.129. The standard InChI is InChI=1S/C13H19N5O/c1-3-5-18-9-10(14)7-12(18)13(19)15-8-11-4-6-17(2)16-11/h4,6-7,9H,3,5,8,14H2,1-2H3,(H,15,19). The largest absolute Gasteiger partial charge is 0.397 e. The van der Waals surface area contributed by atoms with E-state index in [9.17, 15) is 4.79 Å². The number of nitrogens with one attached hydrogen (secondary N) is 1. The molecule has 0 saturated carbocycles. The lowest BCUT2D eigenvalue weighted by molar-refractivity contribution is 0.0941. The van der Waals surface area contributed by atoms with E-state index in [1.54, 1.807) is 16.9 Å². The summed E-state index contributed by atoms with van der Waals surface area (Å²) in [7, 11) is 1.85. The molecule has 0 aliphatic rings. The third-order valence-electron chi connectivity index (χ3n) is 2.81. The first-order chi connectivity index (χ1) is 9.10. The molecule has 0 aromatic carbocycles. The van der Waals surface area contributed by atoms with Crippen molar-refractivity contribution in [1.29, 1.82) is 0 Å². The van der Waals surface area contributed by atoms with Gasteiger partial charge < -0.3 is 15.6 Å². The molecule has 0 saturated heterocycles. The molecule has 0 radical (unpaired) electrons. The summed E-state index contributed by atoms with van der Waals surface area (Å²) in [5, 5.41) is 7.06. The maximum absolute atomic E-state index is 12.1. The molecule has 6 nitrogen and oxygen atoms in total. The van der Waals surface area contributed by atoms with Gasteiger partial charge >= 0.3 is 0 Å². The zero-order valence-corrected chi connectivity index (χ0v) is 11.3. The van der Waals surface area contributed by atoms with Crippen LogP contribution in [0, 0.1) is 0 Å². The van der Waals surface area contributed by atoms with Gasteiger partial charge in [-0.2, -0.15) is 5.10 Å². The highest BCUT2D eigenvalue weighted by molar-refractivity contribution is 5.93. The number of nitrogen functional groups attached to an aromatic ring is 1. The van der Waals surface area contributed by atoms with Gasteiger partial charge in [-0.3, -0.25) is 9.48 Å².